The van der Waals surface area contributed by atoms with Crippen LogP contribution in [0.1, 0.15) is 25.3 Å². The SMILES string of the molecule is [CH2]c1ccc(OCCCC(C)S)cc1. The normalized spacial score (nSPS) is 12.5. The number of ether oxygens (including phenoxy) is 1. The van der Waals surface area contributed by atoms with Crippen molar-refractivity contribution in [3.63, 3.8) is 0 Å². The van der Waals surface area contributed by atoms with Crippen molar-refractivity contribution in [2.45, 2.75) is 25.0 Å². The number of benzene rings is 1. The van der Waals surface area contributed by atoms with Gasteiger partial charge in [0.05, 0.1) is 6.61 Å². The van der Waals surface area contributed by atoms with Crippen molar-refractivity contribution < 1.29 is 4.74 Å². The Labute approximate surface area is 91.9 Å². The van der Waals surface area contributed by atoms with Crippen LogP contribution in [0, 0.1) is 6.92 Å². The van der Waals surface area contributed by atoms with Crippen molar-refractivity contribution in [1.29, 1.82) is 0 Å². The Kier molecular flexibility index (Phi) is 4.88. The number of hydrogen-bond donors (Lipinski definition) is 1. The molecular formula is C12H17OS. The van der Waals surface area contributed by atoms with Crippen LogP contribution in [-0.2, 0) is 0 Å². The minimum atomic E-state index is 0.459. The van der Waals surface area contributed by atoms with Crippen LogP contribution in [0.3, 0.4) is 0 Å². The monoisotopic (exact) mass is 209 g/mol. The largest absolute Gasteiger partial charge is 0.494 e. The molecule has 0 saturated carbocycles. The maximum atomic E-state index is 5.55. The molecule has 0 fully saturated rings. The third-order valence-corrected chi connectivity index (χ3v) is 2.22. The van der Waals surface area contributed by atoms with Crippen LogP contribution in [0.2, 0.25) is 0 Å². The van der Waals surface area contributed by atoms with E-state index in [9.17, 15) is 0 Å². The fraction of sp³-hybridized carbons (Fsp3) is 0.417. The summed E-state index contributed by atoms with van der Waals surface area (Å²) in [5.74, 6) is 0.921. The van der Waals surface area contributed by atoms with E-state index in [2.05, 4.69) is 26.5 Å². The van der Waals surface area contributed by atoms with Crippen LogP contribution < -0.4 is 4.74 Å². The Morgan fingerprint density at radius 3 is 2.57 bits per heavy atom. The summed E-state index contributed by atoms with van der Waals surface area (Å²) in [6.45, 7) is 6.68. The highest BCUT2D eigenvalue weighted by Crippen LogP contribution is 2.12. The molecule has 2 heteroatoms. The summed E-state index contributed by atoms with van der Waals surface area (Å²) in [5, 5.41) is 0.459. The average molecular weight is 209 g/mol. The van der Waals surface area contributed by atoms with E-state index in [0.29, 0.717) is 5.25 Å². The smallest absolute Gasteiger partial charge is 0.119 e. The van der Waals surface area contributed by atoms with Gasteiger partial charge in [-0.25, -0.2) is 0 Å². The van der Waals surface area contributed by atoms with Crippen molar-refractivity contribution in [2.75, 3.05) is 6.61 Å². The van der Waals surface area contributed by atoms with E-state index in [1.807, 2.05) is 24.3 Å². The molecule has 1 aromatic rings. The molecule has 1 aromatic carbocycles. The average Bonchev–Trinajstić information content (AvgIpc) is 2.15. The zero-order valence-corrected chi connectivity index (χ0v) is 9.47. The second-order valence-corrected chi connectivity index (χ2v) is 4.37. The van der Waals surface area contributed by atoms with Crippen LogP contribution in [0.15, 0.2) is 24.3 Å². The van der Waals surface area contributed by atoms with E-state index in [0.717, 1.165) is 30.8 Å². The second-order valence-electron chi connectivity index (χ2n) is 3.48. The van der Waals surface area contributed by atoms with Crippen LogP contribution in [0.25, 0.3) is 0 Å². The lowest BCUT2D eigenvalue weighted by molar-refractivity contribution is 0.307. The summed E-state index contributed by atoms with van der Waals surface area (Å²) in [6.07, 6.45) is 2.15. The Balaban J connectivity index is 2.21. The molecule has 0 heterocycles. The first-order chi connectivity index (χ1) is 6.68. The summed E-state index contributed by atoms with van der Waals surface area (Å²) in [6, 6.07) is 7.81. The van der Waals surface area contributed by atoms with Gasteiger partial charge in [0.2, 0.25) is 0 Å². The van der Waals surface area contributed by atoms with Gasteiger partial charge in [0.15, 0.2) is 0 Å². The molecule has 77 valence electrons. The summed E-state index contributed by atoms with van der Waals surface area (Å²) in [5.41, 5.74) is 1.02. The number of rotatable bonds is 5. The zero-order chi connectivity index (χ0) is 10.4. The Hall–Kier alpha value is -0.630. The molecule has 1 nitrogen and oxygen atoms in total. The molecule has 1 unspecified atom stereocenters. The van der Waals surface area contributed by atoms with Gasteiger partial charge >= 0.3 is 0 Å². The van der Waals surface area contributed by atoms with Gasteiger partial charge in [-0.05, 0) is 42.7 Å². The molecule has 1 atom stereocenters. The van der Waals surface area contributed by atoms with E-state index < -0.39 is 0 Å². The molecule has 0 saturated heterocycles. The lowest BCUT2D eigenvalue weighted by Gasteiger charge is -2.07. The fourth-order valence-corrected chi connectivity index (χ4v) is 1.34. The van der Waals surface area contributed by atoms with E-state index in [-0.39, 0.29) is 0 Å². The summed E-state index contributed by atoms with van der Waals surface area (Å²) in [7, 11) is 0. The maximum Gasteiger partial charge on any atom is 0.119 e. The molecule has 0 amide bonds. The quantitative estimate of drug-likeness (QED) is 0.578. The van der Waals surface area contributed by atoms with Crippen LogP contribution in [0.4, 0.5) is 0 Å². The Morgan fingerprint density at radius 2 is 2.00 bits per heavy atom. The molecule has 0 aromatic heterocycles. The summed E-state index contributed by atoms with van der Waals surface area (Å²) >= 11 is 4.31. The van der Waals surface area contributed by atoms with Gasteiger partial charge in [0, 0.05) is 0 Å². The molecule has 0 spiro atoms. The predicted octanol–water partition coefficient (Wildman–Crippen LogP) is 3.35. The standard InChI is InChI=1S/C12H17OS/c1-10-5-7-12(8-6-10)13-9-3-4-11(2)14/h5-8,11,14H,1,3-4,9H2,2H3. The topological polar surface area (TPSA) is 9.23 Å². The van der Waals surface area contributed by atoms with Gasteiger partial charge in [0.1, 0.15) is 5.75 Å². The molecule has 0 bridgehead atoms. The van der Waals surface area contributed by atoms with Crippen LogP contribution in [-0.4, -0.2) is 11.9 Å². The third-order valence-electron chi connectivity index (χ3n) is 1.96. The molecule has 1 radical (unpaired) electrons. The highest BCUT2D eigenvalue weighted by molar-refractivity contribution is 7.80. The molecular weight excluding hydrogens is 192 g/mol. The van der Waals surface area contributed by atoms with Gasteiger partial charge in [-0.15, -0.1) is 0 Å². The lowest BCUT2D eigenvalue weighted by Crippen LogP contribution is -2.00. The fourth-order valence-electron chi connectivity index (χ4n) is 1.15. The first-order valence-corrected chi connectivity index (χ1v) is 5.43. The molecule has 14 heavy (non-hydrogen) atoms. The van der Waals surface area contributed by atoms with E-state index >= 15 is 0 Å². The first-order valence-electron chi connectivity index (χ1n) is 4.91. The molecule has 0 aliphatic carbocycles. The predicted molar refractivity (Wildman–Crippen MR) is 64.1 cm³/mol. The van der Waals surface area contributed by atoms with Crippen LogP contribution in [0.5, 0.6) is 5.75 Å². The first kappa shape index (κ1) is 11.4. The van der Waals surface area contributed by atoms with Crippen molar-refractivity contribution >= 4 is 12.6 Å². The minimum Gasteiger partial charge on any atom is -0.494 e. The van der Waals surface area contributed by atoms with Gasteiger partial charge < -0.3 is 4.74 Å². The lowest BCUT2D eigenvalue weighted by atomic mass is 10.2. The number of thiol groups is 1. The summed E-state index contributed by atoms with van der Waals surface area (Å²) in [4.78, 5) is 0. The van der Waals surface area contributed by atoms with Crippen molar-refractivity contribution in [3.8, 4) is 5.75 Å². The van der Waals surface area contributed by atoms with Crippen molar-refractivity contribution in [1.82, 2.24) is 0 Å². The van der Waals surface area contributed by atoms with Gasteiger partial charge in [-0.2, -0.15) is 12.6 Å². The van der Waals surface area contributed by atoms with E-state index in [1.165, 1.54) is 0 Å². The molecule has 0 aliphatic heterocycles. The summed E-state index contributed by atoms with van der Waals surface area (Å²) < 4.78 is 5.55. The molecule has 0 N–H and O–H groups in total. The zero-order valence-electron chi connectivity index (χ0n) is 8.57. The van der Waals surface area contributed by atoms with Gasteiger partial charge in [-0.1, -0.05) is 19.1 Å². The van der Waals surface area contributed by atoms with Gasteiger partial charge in [0.25, 0.3) is 0 Å². The minimum absolute atomic E-state index is 0.459. The Morgan fingerprint density at radius 1 is 1.36 bits per heavy atom. The number of hydrogen-bond acceptors (Lipinski definition) is 2. The second kappa shape index (κ2) is 5.97. The van der Waals surface area contributed by atoms with Crippen molar-refractivity contribution in [2.24, 2.45) is 0 Å². The van der Waals surface area contributed by atoms with E-state index in [1.54, 1.807) is 0 Å². The van der Waals surface area contributed by atoms with E-state index in [4.69, 9.17) is 4.74 Å². The molecule has 1 rings (SSSR count). The third kappa shape index (κ3) is 4.56. The highest BCUT2D eigenvalue weighted by atomic mass is 32.1. The maximum absolute atomic E-state index is 5.55. The van der Waals surface area contributed by atoms with Gasteiger partial charge in [-0.3, -0.25) is 0 Å². The molecule has 0 aliphatic rings. The van der Waals surface area contributed by atoms with Crippen LogP contribution >= 0.6 is 12.6 Å². The van der Waals surface area contributed by atoms with Crippen molar-refractivity contribution in [3.05, 3.63) is 36.8 Å². The highest BCUT2D eigenvalue weighted by Gasteiger charge is 1.96. The Bertz CT molecular complexity index is 254.